The predicted octanol–water partition coefficient (Wildman–Crippen LogP) is 3.60. The molecule has 1 atom stereocenters. The van der Waals surface area contributed by atoms with Gasteiger partial charge in [-0.3, -0.25) is 0 Å². The van der Waals surface area contributed by atoms with Crippen LogP contribution in [0.5, 0.6) is 0 Å². The first kappa shape index (κ1) is 12.1. The summed E-state index contributed by atoms with van der Waals surface area (Å²) in [5, 5.41) is 9.86. The maximum Gasteiger partial charge on any atom is 0.199 e. The summed E-state index contributed by atoms with van der Waals surface area (Å²) in [6.45, 7) is 1.44. The van der Waals surface area contributed by atoms with Crippen LogP contribution in [0.25, 0.3) is 0 Å². The van der Waals surface area contributed by atoms with E-state index >= 15 is 0 Å². The van der Waals surface area contributed by atoms with Crippen molar-refractivity contribution < 1.29 is 18.3 Å². The second-order valence-electron chi connectivity index (χ2n) is 3.65. The van der Waals surface area contributed by atoms with Gasteiger partial charge >= 0.3 is 0 Å². The van der Waals surface area contributed by atoms with Gasteiger partial charge in [-0.1, -0.05) is 12.1 Å². The molecule has 0 aliphatic heterocycles. The molecule has 0 saturated heterocycles. The minimum absolute atomic E-state index is 0.0436. The van der Waals surface area contributed by atoms with E-state index in [1.54, 1.807) is 0 Å². The van der Waals surface area contributed by atoms with Crippen LogP contribution in [-0.2, 0) is 0 Å². The number of aryl methyl sites for hydroxylation is 1. The molecule has 0 radical (unpaired) electrons. The van der Waals surface area contributed by atoms with Crippen LogP contribution < -0.4 is 0 Å². The fourth-order valence-corrected chi connectivity index (χ4v) is 1.76. The zero-order valence-electron chi connectivity index (χ0n) is 8.88. The second kappa shape index (κ2) is 4.47. The lowest BCUT2D eigenvalue weighted by atomic mass is 10.0. The van der Waals surface area contributed by atoms with Crippen molar-refractivity contribution in [2.24, 2.45) is 0 Å². The lowest BCUT2D eigenvalue weighted by molar-refractivity contribution is 0.212. The molecule has 0 amide bonds. The number of rotatable bonds is 2. The number of furan rings is 1. The molecule has 0 aliphatic rings. The summed E-state index contributed by atoms with van der Waals surface area (Å²) in [7, 11) is 0. The largest absolute Gasteiger partial charge is 0.453 e. The highest BCUT2D eigenvalue weighted by atomic mass is 35.5. The number of aliphatic hydroxyl groups is 1. The Morgan fingerprint density at radius 1 is 1.18 bits per heavy atom. The molecular weight excluding hydrogens is 250 g/mol. The molecular formula is C12H9ClF2O2. The molecule has 0 fully saturated rings. The zero-order chi connectivity index (χ0) is 12.6. The molecule has 2 nitrogen and oxygen atoms in total. The first-order valence-electron chi connectivity index (χ1n) is 4.88. The van der Waals surface area contributed by atoms with E-state index < -0.39 is 17.7 Å². The fraction of sp³-hybridized carbons (Fsp3) is 0.167. The van der Waals surface area contributed by atoms with Crippen molar-refractivity contribution in [3.63, 3.8) is 0 Å². The normalized spacial score (nSPS) is 12.8. The maximum absolute atomic E-state index is 13.6. The van der Waals surface area contributed by atoms with E-state index in [0.29, 0.717) is 0 Å². The van der Waals surface area contributed by atoms with Crippen molar-refractivity contribution in [2.75, 3.05) is 0 Å². The molecule has 5 heteroatoms. The quantitative estimate of drug-likeness (QED) is 0.893. The third-order valence-corrected chi connectivity index (χ3v) is 2.85. The van der Waals surface area contributed by atoms with Gasteiger partial charge in [0.1, 0.15) is 6.10 Å². The SMILES string of the molecule is Cc1ccc(C(O)c2ccoc2Cl)c(F)c1F. The third-order valence-electron chi connectivity index (χ3n) is 2.54. The number of benzene rings is 1. The van der Waals surface area contributed by atoms with Crippen molar-refractivity contribution in [1.82, 2.24) is 0 Å². The van der Waals surface area contributed by atoms with Crippen LogP contribution in [0.4, 0.5) is 8.78 Å². The van der Waals surface area contributed by atoms with Crippen LogP contribution in [0.2, 0.25) is 5.22 Å². The summed E-state index contributed by atoms with van der Waals surface area (Å²) < 4.78 is 31.8. The Kier molecular flexibility index (Phi) is 3.17. The van der Waals surface area contributed by atoms with E-state index in [1.807, 2.05) is 0 Å². The van der Waals surface area contributed by atoms with Crippen LogP contribution in [0.15, 0.2) is 28.9 Å². The Balaban J connectivity index is 2.48. The topological polar surface area (TPSA) is 33.4 Å². The Morgan fingerprint density at radius 3 is 2.47 bits per heavy atom. The summed E-state index contributed by atoms with van der Waals surface area (Å²) in [5.41, 5.74) is 0.210. The summed E-state index contributed by atoms with van der Waals surface area (Å²) in [6, 6.07) is 4.12. The lowest BCUT2D eigenvalue weighted by Crippen LogP contribution is -2.05. The second-order valence-corrected chi connectivity index (χ2v) is 4.00. The molecule has 1 heterocycles. The highest BCUT2D eigenvalue weighted by molar-refractivity contribution is 6.29. The maximum atomic E-state index is 13.6. The Hall–Kier alpha value is -1.39. The first-order valence-corrected chi connectivity index (χ1v) is 5.25. The molecule has 0 saturated carbocycles. The number of hydrogen-bond acceptors (Lipinski definition) is 2. The van der Waals surface area contributed by atoms with Crippen LogP contribution in [0, 0.1) is 18.6 Å². The van der Waals surface area contributed by atoms with E-state index in [0.717, 1.165) is 0 Å². The summed E-state index contributed by atoms with van der Waals surface area (Å²) in [5.74, 6) is -2.05. The molecule has 0 spiro atoms. The van der Waals surface area contributed by atoms with Crippen LogP contribution in [-0.4, -0.2) is 5.11 Å². The summed E-state index contributed by atoms with van der Waals surface area (Å²) in [4.78, 5) is 0. The highest BCUT2D eigenvalue weighted by Gasteiger charge is 2.22. The van der Waals surface area contributed by atoms with Crippen LogP contribution in [0.1, 0.15) is 22.8 Å². The third kappa shape index (κ3) is 2.06. The molecule has 0 aliphatic carbocycles. The molecule has 1 unspecified atom stereocenters. The molecule has 1 aromatic heterocycles. The van der Waals surface area contributed by atoms with E-state index in [9.17, 15) is 13.9 Å². The monoisotopic (exact) mass is 258 g/mol. The van der Waals surface area contributed by atoms with Crippen molar-refractivity contribution in [2.45, 2.75) is 13.0 Å². The van der Waals surface area contributed by atoms with Crippen LogP contribution >= 0.6 is 11.6 Å². The van der Waals surface area contributed by atoms with Gasteiger partial charge in [0, 0.05) is 11.1 Å². The number of aliphatic hydroxyl groups excluding tert-OH is 1. The smallest absolute Gasteiger partial charge is 0.199 e. The average Bonchev–Trinajstić information content (AvgIpc) is 2.72. The van der Waals surface area contributed by atoms with E-state index in [4.69, 9.17) is 16.0 Å². The fourth-order valence-electron chi connectivity index (χ4n) is 1.54. The Morgan fingerprint density at radius 2 is 1.88 bits per heavy atom. The minimum atomic E-state index is -1.35. The van der Waals surface area contributed by atoms with E-state index in [1.165, 1.54) is 31.4 Å². The molecule has 2 aromatic rings. The van der Waals surface area contributed by atoms with Crippen molar-refractivity contribution in [3.8, 4) is 0 Å². The van der Waals surface area contributed by atoms with Gasteiger partial charge in [0.2, 0.25) is 0 Å². The Bertz CT molecular complexity index is 551. The lowest BCUT2D eigenvalue weighted by Gasteiger charge is -2.11. The van der Waals surface area contributed by atoms with Gasteiger partial charge in [0.25, 0.3) is 0 Å². The molecule has 1 aromatic carbocycles. The van der Waals surface area contributed by atoms with Gasteiger partial charge in [-0.05, 0) is 30.2 Å². The van der Waals surface area contributed by atoms with Crippen molar-refractivity contribution >= 4 is 11.6 Å². The standard InChI is InChI=1S/C12H9ClF2O2/c1-6-2-3-7(10(15)9(6)14)11(16)8-4-5-17-12(8)13/h2-5,11,16H,1H3. The van der Waals surface area contributed by atoms with Gasteiger partial charge in [0.15, 0.2) is 16.9 Å². The first-order chi connectivity index (χ1) is 8.02. The predicted molar refractivity (Wildman–Crippen MR) is 58.9 cm³/mol. The van der Waals surface area contributed by atoms with Crippen molar-refractivity contribution in [3.05, 3.63) is 58.0 Å². The summed E-state index contributed by atoms with van der Waals surface area (Å²) in [6.07, 6.45) is -0.0834. The van der Waals surface area contributed by atoms with Gasteiger partial charge in [0.05, 0.1) is 6.26 Å². The molecule has 2 rings (SSSR count). The summed E-state index contributed by atoms with van der Waals surface area (Å²) >= 11 is 5.67. The zero-order valence-corrected chi connectivity index (χ0v) is 9.63. The molecule has 90 valence electrons. The van der Waals surface area contributed by atoms with Gasteiger partial charge < -0.3 is 9.52 Å². The highest BCUT2D eigenvalue weighted by Crippen LogP contribution is 2.31. The number of halogens is 3. The molecule has 17 heavy (non-hydrogen) atoms. The van der Waals surface area contributed by atoms with Crippen molar-refractivity contribution in [1.29, 1.82) is 0 Å². The molecule has 0 bridgehead atoms. The Labute approximate surface area is 101 Å². The average molecular weight is 259 g/mol. The number of hydrogen-bond donors (Lipinski definition) is 1. The minimum Gasteiger partial charge on any atom is -0.453 e. The van der Waals surface area contributed by atoms with Gasteiger partial charge in [-0.25, -0.2) is 8.78 Å². The molecule has 1 N–H and O–H groups in total. The van der Waals surface area contributed by atoms with Gasteiger partial charge in [-0.2, -0.15) is 0 Å². The van der Waals surface area contributed by atoms with E-state index in [2.05, 4.69) is 0 Å². The van der Waals surface area contributed by atoms with Gasteiger partial charge in [-0.15, -0.1) is 0 Å². The van der Waals surface area contributed by atoms with E-state index in [-0.39, 0.29) is 21.9 Å². The van der Waals surface area contributed by atoms with Crippen LogP contribution in [0.3, 0.4) is 0 Å².